The number of hydrogen-bond acceptors (Lipinski definition) is 5. The van der Waals surface area contributed by atoms with Gasteiger partial charge in [-0.25, -0.2) is 4.98 Å². The number of fused-ring (bicyclic) bond motifs is 3. The van der Waals surface area contributed by atoms with Crippen molar-refractivity contribution in [2.24, 2.45) is 0 Å². The van der Waals surface area contributed by atoms with Crippen LogP contribution in [-0.4, -0.2) is 66.5 Å². The second kappa shape index (κ2) is 8.74. The maximum absolute atomic E-state index is 12.6. The summed E-state index contributed by atoms with van der Waals surface area (Å²) >= 11 is 7.83. The number of likely N-dealkylation sites (N-methyl/N-ethyl adjacent to an activating group) is 1. The zero-order valence-electron chi connectivity index (χ0n) is 16.1. The number of benzene rings is 1. The number of pyridine rings is 1. The Balaban J connectivity index is 1.35. The predicted molar refractivity (Wildman–Crippen MR) is 118 cm³/mol. The minimum absolute atomic E-state index is 0.0304. The first-order chi connectivity index (χ1) is 13.7. The lowest BCUT2D eigenvalue weighted by Crippen LogP contribution is -2.46. The van der Waals surface area contributed by atoms with Crippen LogP contribution in [0.2, 0.25) is 5.15 Å². The molecule has 1 aliphatic heterocycles. The number of thiophene rings is 1. The monoisotopic (exact) mass is 416 g/mol. The van der Waals surface area contributed by atoms with Gasteiger partial charge in [-0.05, 0) is 31.6 Å². The van der Waals surface area contributed by atoms with Gasteiger partial charge in [-0.3, -0.25) is 4.79 Å². The molecule has 3 aromatic rings. The average Bonchev–Trinajstić information content (AvgIpc) is 3.18. The Labute approximate surface area is 174 Å². The Morgan fingerprint density at radius 2 is 1.93 bits per heavy atom. The molecule has 0 radical (unpaired) electrons. The number of para-hydroxylation sites is 1. The third kappa shape index (κ3) is 4.15. The van der Waals surface area contributed by atoms with Crippen molar-refractivity contribution in [2.75, 3.05) is 45.8 Å². The number of halogens is 1. The molecule has 1 saturated heterocycles. The van der Waals surface area contributed by atoms with E-state index in [2.05, 4.69) is 27.0 Å². The summed E-state index contributed by atoms with van der Waals surface area (Å²) in [6.07, 6.45) is 0.966. The van der Waals surface area contributed by atoms with E-state index in [4.69, 9.17) is 11.6 Å². The van der Waals surface area contributed by atoms with Gasteiger partial charge < -0.3 is 15.1 Å². The molecule has 148 valence electrons. The molecule has 4 rings (SSSR count). The van der Waals surface area contributed by atoms with E-state index >= 15 is 0 Å². The molecule has 0 aliphatic carbocycles. The van der Waals surface area contributed by atoms with Gasteiger partial charge in [0.2, 0.25) is 0 Å². The van der Waals surface area contributed by atoms with Crippen molar-refractivity contribution in [3.63, 3.8) is 0 Å². The number of rotatable bonds is 6. The van der Waals surface area contributed by atoms with Gasteiger partial charge in [0.25, 0.3) is 5.91 Å². The van der Waals surface area contributed by atoms with E-state index in [9.17, 15) is 4.79 Å². The van der Waals surface area contributed by atoms with E-state index in [1.54, 1.807) is 0 Å². The zero-order chi connectivity index (χ0) is 19.5. The third-order valence-electron chi connectivity index (χ3n) is 5.39. The summed E-state index contributed by atoms with van der Waals surface area (Å²) in [5.41, 5.74) is 0.858. The summed E-state index contributed by atoms with van der Waals surface area (Å²) < 4.78 is 1.02. The summed E-state index contributed by atoms with van der Waals surface area (Å²) in [6.45, 7) is 9.60. The third-order valence-corrected chi connectivity index (χ3v) is 6.85. The van der Waals surface area contributed by atoms with Gasteiger partial charge in [0.1, 0.15) is 5.15 Å². The predicted octanol–water partition coefficient (Wildman–Crippen LogP) is 3.86. The highest BCUT2D eigenvalue weighted by atomic mass is 35.5. The first kappa shape index (κ1) is 19.6. The number of piperazine rings is 1. The summed E-state index contributed by atoms with van der Waals surface area (Å²) in [7, 11) is 0. The maximum Gasteiger partial charge on any atom is 0.261 e. The average molecular weight is 417 g/mol. The van der Waals surface area contributed by atoms with Crippen molar-refractivity contribution in [3.05, 3.63) is 40.4 Å². The zero-order valence-corrected chi connectivity index (χ0v) is 17.7. The Kier molecular flexibility index (Phi) is 6.11. The number of nitrogens with zero attached hydrogens (tertiary/aromatic N) is 3. The van der Waals surface area contributed by atoms with Crippen LogP contribution < -0.4 is 5.32 Å². The molecule has 1 fully saturated rings. The van der Waals surface area contributed by atoms with Crippen molar-refractivity contribution in [2.45, 2.75) is 13.3 Å². The van der Waals surface area contributed by atoms with E-state index in [1.165, 1.54) is 11.3 Å². The molecular formula is C21H25ClN4OS. The minimum atomic E-state index is -0.0304. The second-order valence-electron chi connectivity index (χ2n) is 7.16. The molecule has 28 heavy (non-hydrogen) atoms. The number of hydrogen-bond donors (Lipinski definition) is 1. The summed E-state index contributed by atoms with van der Waals surface area (Å²) in [6, 6.07) is 9.76. The van der Waals surface area contributed by atoms with Crippen molar-refractivity contribution >= 4 is 49.8 Å². The standard InChI is InChI=1S/C21H25ClN4OS/c1-2-25-10-12-26(13-11-25)9-5-8-23-21(27)18-14-16-19(28-18)15-6-3-4-7-17(15)24-20(16)22/h3-4,6-7,14H,2,5,8-13H2,1H3,(H,23,27). The van der Waals surface area contributed by atoms with Gasteiger partial charge >= 0.3 is 0 Å². The molecule has 1 aromatic carbocycles. The molecule has 0 atom stereocenters. The van der Waals surface area contributed by atoms with Gasteiger partial charge in [-0.2, -0.15) is 0 Å². The highest BCUT2D eigenvalue weighted by Gasteiger charge is 2.16. The Bertz CT molecular complexity index is 981. The van der Waals surface area contributed by atoms with Crippen LogP contribution in [-0.2, 0) is 0 Å². The maximum atomic E-state index is 12.6. The van der Waals surface area contributed by atoms with Crippen LogP contribution in [0, 0.1) is 0 Å². The normalized spacial score (nSPS) is 16.1. The van der Waals surface area contributed by atoms with Gasteiger partial charge in [0.15, 0.2) is 0 Å². The first-order valence-electron chi connectivity index (χ1n) is 9.86. The molecule has 0 spiro atoms. The molecule has 1 amide bonds. The van der Waals surface area contributed by atoms with Crippen LogP contribution in [0.1, 0.15) is 23.0 Å². The van der Waals surface area contributed by atoms with Crippen LogP contribution in [0.3, 0.4) is 0 Å². The number of amides is 1. The minimum Gasteiger partial charge on any atom is -0.351 e. The molecule has 0 bridgehead atoms. The quantitative estimate of drug-likeness (QED) is 0.489. The van der Waals surface area contributed by atoms with Crippen molar-refractivity contribution in [1.82, 2.24) is 20.1 Å². The number of carbonyl (C=O) groups is 1. The number of aromatic nitrogens is 1. The summed E-state index contributed by atoms with van der Waals surface area (Å²) in [5.74, 6) is -0.0304. The topological polar surface area (TPSA) is 48.5 Å². The SMILES string of the molecule is CCN1CCN(CCCNC(=O)c2cc3c(Cl)nc4ccccc4c3s2)CC1. The Morgan fingerprint density at radius 1 is 1.18 bits per heavy atom. The van der Waals surface area contributed by atoms with Gasteiger partial charge in [0, 0.05) is 48.2 Å². The summed E-state index contributed by atoms with van der Waals surface area (Å²) in [4.78, 5) is 22.7. The number of nitrogens with one attached hydrogen (secondary N) is 1. The van der Waals surface area contributed by atoms with Crippen LogP contribution in [0.5, 0.6) is 0 Å². The highest BCUT2D eigenvalue weighted by molar-refractivity contribution is 7.21. The van der Waals surface area contributed by atoms with Crippen LogP contribution in [0.15, 0.2) is 30.3 Å². The van der Waals surface area contributed by atoms with Crippen molar-refractivity contribution < 1.29 is 4.79 Å². The molecule has 0 unspecified atom stereocenters. The van der Waals surface area contributed by atoms with E-state index < -0.39 is 0 Å². The Hall–Kier alpha value is -1.73. The largest absolute Gasteiger partial charge is 0.351 e. The fourth-order valence-electron chi connectivity index (χ4n) is 3.71. The molecule has 3 heterocycles. The van der Waals surface area contributed by atoms with Crippen LogP contribution in [0.25, 0.3) is 21.0 Å². The van der Waals surface area contributed by atoms with Crippen molar-refractivity contribution in [3.8, 4) is 0 Å². The van der Waals surface area contributed by atoms with E-state index in [-0.39, 0.29) is 5.91 Å². The van der Waals surface area contributed by atoms with E-state index in [1.807, 2.05) is 30.3 Å². The van der Waals surface area contributed by atoms with Crippen LogP contribution >= 0.6 is 22.9 Å². The lowest BCUT2D eigenvalue weighted by molar-refractivity contribution is 0.0952. The molecular weight excluding hydrogens is 392 g/mol. The van der Waals surface area contributed by atoms with E-state index in [0.29, 0.717) is 16.6 Å². The smallest absolute Gasteiger partial charge is 0.261 e. The fraction of sp³-hybridized carbons (Fsp3) is 0.429. The van der Waals surface area contributed by atoms with Gasteiger partial charge in [0.05, 0.1) is 10.4 Å². The Morgan fingerprint density at radius 3 is 2.71 bits per heavy atom. The van der Waals surface area contributed by atoms with Gasteiger partial charge in [-0.1, -0.05) is 36.7 Å². The van der Waals surface area contributed by atoms with Crippen LogP contribution in [0.4, 0.5) is 0 Å². The first-order valence-corrected chi connectivity index (χ1v) is 11.1. The molecule has 1 N–H and O–H groups in total. The molecule has 2 aromatic heterocycles. The lowest BCUT2D eigenvalue weighted by Gasteiger charge is -2.33. The van der Waals surface area contributed by atoms with Crippen molar-refractivity contribution in [1.29, 1.82) is 0 Å². The molecule has 7 heteroatoms. The summed E-state index contributed by atoms with van der Waals surface area (Å²) in [5, 5.41) is 5.40. The highest BCUT2D eigenvalue weighted by Crippen LogP contribution is 2.35. The lowest BCUT2D eigenvalue weighted by atomic mass is 10.2. The second-order valence-corrected chi connectivity index (χ2v) is 8.57. The van der Waals surface area contributed by atoms with E-state index in [0.717, 1.165) is 66.7 Å². The fourth-order valence-corrected chi connectivity index (χ4v) is 5.11. The molecule has 1 aliphatic rings. The number of carbonyl (C=O) groups excluding carboxylic acids is 1. The molecule has 0 saturated carbocycles. The van der Waals surface area contributed by atoms with Gasteiger partial charge in [-0.15, -0.1) is 11.3 Å². The molecule has 5 nitrogen and oxygen atoms in total.